The zero-order valence-corrected chi connectivity index (χ0v) is 25.8. The summed E-state index contributed by atoms with van der Waals surface area (Å²) in [4.78, 5) is 12.3. The molecule has 12 heteroatoms. The van der Waals surface area contributed by atoms with Gasteiger partial charge in [0.25, 0.3) is 0 Å². The third kappa shape index (κ3) is 5.14. The van der Waals surface area contributed by atoms with Gasteiger partial charge in [-0.05, 0) is 54.1 Å². The van der Waals surface area contributed by atoms with Crippen LogP contribution in [0.4, 0.5) is 10.1 Å². The molecule has 3 aromatic heterocycles. The first-order chi connectivity index (χ1) is 21.0. The number of halogens is 2. The second kappa shape index (κ2) is 11.0. The number of benzene rings is 3. The van der Waals surface area contributed by atoms with Crippen molar-refractivity contribution in [3.8, 4) is 39.7 Å². The van der Waals surface area contributed by atoms with Crippen LogP contribution in [0.15, 0.2) is 77.7 Å². The number of sulfonamides is 1. The normalized spacial score (nSPS) is 11.7. The van der Waals surface area contributed by atoms with Crippen molar-refractivity contribution in [2.45, 2.75) is 0 Å². The van der Waals surface area contributed by atoms with E-state index in [-0.39, 0.29) is 5.82 Å². The number of rotatable bonds is 8. The van der Waals surface area contributed by atoms with Gasteiger partial charge in [0.15, 0.2) is 5.65 Å². The first-order valence-electron chi connectivity index (χ1n) is 13.4. The van der Waals surface area contributed by atoms with Crippen molar-refractivity contribution < 1.29 is 22.0 Å². The maximum absolute atomic E-state index is 13.8. The molecule has 0 amide bonds. The van der Waals surface area contributed by atoms with Crippen molar-refractivity contribution >= 4 is 55.1 Å². The maximum Gasteiger partial charge on any atom is 0.232 e. The van der Waals surface area contributed by atoms with Gasteiger partial charge in [0.05, 0.1) is 35.2 Å². The Morgan fingerprint density at radius 2 is 1.77 bits per heavy atom. The van der Waals surface area contributed by atoms with Crippen LogP contribution in [0.25, 0.3) is 61.7 Å². The lowest BCUT2D eigenvalue weighted by Crippen LogP contribution is -2.25. The smallest absolute Gasteiger partial charge is 0.232 e. The number of hydrogen-bond donors (Lipinski definition) is 2. The molecule has 0 saturated heterocycles. The van der Waals surface area contributed by atoms with Crippen LogP contribution in [0.2, 0.25) is 5.02 Å². The number of methoxy groups -OCH3 is 1. The van der Waals surface area contributed by atoms with Crippen molar-refractivity contribution in [2.24, 2.45) is 0 Å². The summed E-state index contributed by atoms with van der Waals surface area (Å²) in [5.74, 6) is 0.997. The number of aromatic amines is 1. The Labute approximate surface area is 258 Å². The van der Waals surface area contributed by atoms with Gasteiger partial charge in [0, 0.05) is 54.0 Å². The Hall–Kier alpha value is -4.87. The summed E-state index contributed by atoms with van der Waals surface area (Å²) in [6.07, 6.45) is 1.13. The van der Waals surface area contributed by atoms with E-state index in [4.69, 9.17) is 20.8 Å². The minimum atomic E-state index is -3.68. The number of nitrogens with one attached hydrogen (secondary N) is 2. The van der Waals surface area contributed by atoms with E-state index < -0.39 is 10.0 Å². The molecule has 0 radical (unpaired) electrons. The third-order valence-electron chi connectivity index (χ3n) is 7.41. The largest absolute Gasteiger partial charge is 0.481 e. The second-order valence-electron chi connectivity index (χ2n) is 10.1. The summed E-state index contributed by atoms with van der Waals surface area (Å²) in [6, 6.07) is 18.4. The molecule has 0 aliphatic rings. The van der Waals surface area contributed by atoms with Crippen molar-refractivity contribution in [1.29, 1.82) is 0 Å². The molecule has 0 spiro atoms. The first kappa shape index (κ1) is 29.2. The molecule has 224 valence electrons. The number of nitrogens with zero attached hydrogens (tertiary/aromatic N) is 3. The van der Waals surface area contributed by atoms with Crippen LogP contribution in [0.1, 0.15) is 5.56 Å². The predicted octanol–water partition coefficient (Wildman–Crippen LogP) is 7.09. The van der Waals surface area contributed by atoms with Gasteiger partial charge < -0.3 is 19.5 Å². The van der Waals surface area contributed by atoms with Crippen molar-refractivity contribution in [3.05, 3.63) is 89.7 Å². The van der Waals surface area contributed by atoms with Crippen molar-refractivity contribution in [2.75, 3.05) is 31.8 Å². The molecule has 0 unspecified atom stereocenters. The number of H-pyrrole nitrogens is 1. The summed E-state index contributed by atoms with van der Waals surface area (Å²) in [5.41, 5.74) is 5.69. The molecule has 3 aromatic carbocycles. The van der Waals surface area contributed by atoms with Crippen LogP contribution < -0.4 is 14.4 Å². The molecule has 3 heterocycles. The zero-order valence-electron chi connectivity index (χ0n) is 24.2. The highest BCUT2D eigenvalue weighted by Gasteiger charge is 2.25. The lowest BCUT2D eigenvalue weighted by atomic mass is 9.96. The summed E-state index contributed by atoms with van der Waals surface area (Å²) >= 11 is 6.67. The van der Waals surface area contributed by atoms with Crippen LogP contribution in [0.5, 0.6) is 5.88 Å². The number of imidazole rings is 1. The van der Waals surface area contributed by atoms with Crippen LogP contribution in [0.3, 0.4) is 0 Å². The molecular formula is C32H27ClFN5O4S. The SMILES string of the molecule is C=C(NC)c1c(-c2ccc(F)cc2)oc2cc(N(C)S(C)(=O)=O)c(-c3ccc(Cl)c(-c4nc5nc(OC)ccc5[nH]4)c3)cc12. The van der Waals surface area contributed by atoms with Gasteiger partial charge in [0.2, 0.25) is 15.9 Å². The van der Waals surface area contributed by atoms with E-state index in [0.29, 0.717) is 83.8 Å². The Balaban J connectivity index is 1.61. The van der Waals surface area contributed by atoms with Crippen LogP contribution in [0, 0.1) is 5.82 Å². The molecular weight excluding hydrogens is 605 g/mol. The Morgan fingerprint density at radius 3 is 2.45 bits per heavy atom. The van der Waals surface area contributed by atoms with Gasteiger partial charge in [-0.15, -0.1) is 0 Å². The molecule has 44 heavy (non-hydrogen) atoms. The van der Waals surface area contributed by atoms with Crippen LogP contribution >= 0.6 is 11.6 Å². The van der Waals surface area contributed by atoms with E-state index in [9.17, 15) is 12.8 Å². The number of fused-ring (bicyclic) bond motifs is 2. The van der Waals surface area contributed by atoms with Gasteiger partial charge in [-0.25, -0.2) is 17.8 Å². The van der Waals surface area contributed by atoms with Crippen molar-refractivity contribution in [1.82, 2.24) is 20.3 Å². The van der Waals surface area contributed by atoms with Gasteiger partial charge in [-0.2, -0.15) is 4.98 Å². The van der Waals surface area contributed by atoms with Gasteiger partial charge in [-0.3, -0.25) is 4.31 Å². The number of ether oxygens (including phenoxy) is 1. The standard InChI is InChI=1S/C32H27ClFN5O4S/c1-17(35-2)29-23-15-21(19-8-11-24(33)22(14-19)31-36-25-12-13-28(42-4)37-32(25)38-31)26(39(3)44(5,40)41)16-27(23)43-30(29)18-6-9-20(34)10-7-18/h6-16,35H,1H2,2-5H3,(H,36,37,38). The van der Waals surface area contributed by atoms with E-state index in [2.05, 4.69) is 26.8 Å². The fourth-order valence-electron chi connectivity index (χ4n) is 5.02. The summed E-state index contributed by atoms with van der Waals surface area (Å²) < 4.78 is 52.1. The van der Waals surface area contributed by atoms with Gasteiger partial charge >= 0.3 is 0 Å². The monoisotopic (exact) mass is 631 g/mol. The predicted molar refractivity (Wildman–Crippen MR) is 173 cm³/mol. The fraction of sp³-hybridized carbons (Fsp3) is 0.125. The molecule has 6 rings (SSSR count). The highest BCUT2D eigenvalue weighted by molar-refractivity contribution is 7.92. The number of anilines is 1. The van der Waals surface area contributed by atoms with E-state index in [0.717, 1.165) is 6.26 Å². The molecule has 0 saturated carbocycles. The van der Waals surface area contributed by atoms with Gasteiger partial charge in [0.1, 0.15) is 23.0 Å². The highest BCUT2D eigenvalue weighted by Crippen LogP contribution is 2.44. The molecule has 0 bridgehead atoms. The number of furan rings is 1. The number of aromatic nitrogens is 3. The highest BCUT2D eigenvalue weighted by atomic mass is 35.5. The Morgan fingerprint density at radius 1 is 1.05 bits per heavy atom. The average molecular weight is 632 g/mol. The van der Waals surface area contributed by atoms with Crippen LogP contribution in [-0.4, -0.2) is 50.8 Å². The minimum absolute atomic E-state index is 0.379. The van der Waals surface area contributed by atoms with Crippen LogP contribution in [-0.2, 0) is 10.0 Å². The molecule has 0 fully saturated rings. The van der Waals surface area contributed by atoms with Gasteiger partial charge in [-0.1, -0.05) is 24.2 Å². The quantitative estimate of drug-likeness (QED) is 0.184. The summed E-state index contributed by atoms with van der Waals surface area (Å²) in [7, 11) is 1.08. The van der Waals surface area contributed by atoms with E-state index in [1.807, 2.05) is 24.3 Å². The lowest BCUT2D eigenvalue weighted by Gasteiger charge is -2.21. The molecule has 6 aromatic rings. The maximum atomic E-state index is 13.8. The minimum Gasteiger partial charge on any atom is -0.481 e. The number of pyridine rings is 1. The molecule has 9 nitrogen and oxygen atoms in total. The zero-order chi connectivity index (χ0) is 31.3. The van der Waals surface area contributed by atoms with E-state index in [1.165, 1.54) is 30.6 Å². The molecule has 0 aliphatic heterocycles. The molecule has 0 atom stereocenters. The van der Waals surface area contributed by atoms with E-state index in [1.54, 1.807) is 37.4 Å². The summed E-state index contributed by atoms with van der Waals surface area (Å²) in [6.45, 7) is 4.17. The second-order valence-corrected chi connectivity index (χ2v) is 12.6. The molecule has 0 aliphatic carbocycles. The van der Waals surface area contributed by atoms with Crippen molar-refractivity contribution in [3.63, 3.8) is 0 Å². The first-order valence-corrected chi connectivity index (χ1v) is 15.6. The number of hydrogen-bond acceptors (Lipinski definition) is 7. The average Bonchev–Trinajstić information content (AvgIpc) is 3.60. The lowest BCUT2D eigenvalue weighted by molar-refractivity contribution is 0.399. The Kier molecular flexibility index (Phi) is 7.30. The molecule has 2 N–H and O–H groups in total. The van der Waals surface area contributed by atoms with E-state index >= 15 is 0 Å². The topological polar surface area (TPSA) is 113 Å². The third-order valence-corrected chi connectivity index (χ3v) is 8.94. The fourth-order valence-corrected chi connectivity index (χ4v) is 5.74. The Bertz CT molecular complexity index is 2190. The summed E-state index contributed by atoms with van der Waals surface area (Å²) in [5, 5.41) is 4.20.